The lowest BCUT2D eigenvalue weighted by molar-refractivity contribution is -0.145. The molecule has 2 aromatic heterocycles. The fourth-order valence-electron chi connectivity index (χ4n) is 8.67. The average molecular weight is 855 g/mol. The van der Waals surface area contributed by atoms with Crippen LogP contribution in [0.25, 0.3) is 0 Å². The zero-order valence-corrected chi connectivity index (χ0v) is 37.6. The summed E-state index contributed by atoms with van der Waals surface area (Å²) < 4.78 is 0. The molecular formula is C46H66N10O6. The molecule has 1 aromatic carbocycles. The largest absolute Gasteiger partial charge is 0.344 e. The predicted octanol–water partition coefficient (Wildman–Crippen LogP) is 4.20. The Bertz CT molecular complexity index is 2000. The Hall–Kier alpha value is -5.54. The molecule has 1 saturated heterocycles. The Kier molecular flexibility index (Phi) is 16.5. The molecule has 16 heteroatoms. The Morgan fingerprint density at radius 3 is 2.19 bits per heavy atom. The molecule has 5 amide bonds. The quantitative estimate of drug-likeness (QED) is 0.0887. The van der Waals surface area contributed by atoms with Crippen LogP contribution in [0.4, 0.5) is 0 Å². The van der Waals surface area contributed by atoms with Crippen molar-refractivity contribution in [2.75, 3.05) is 6.54 Å². The lowest BCUT2D eigenvalue weighted by Crippen LogP contribution is -2.60. The molecule has 16 nitrogen and oxygen atoms in total. The van der Waals surface area contributed by atoms with Crippen molar-refractivity contribution in [3.05, 3.63) is 71.8 Å². The molecule has 4 N–H and O–H groups in total. The number of aromatic nitrogens is 5. The maximum Gasteiger partial charge on any atom is 0.290 e. The fourth-order valence-corrected chi connectivity index (χ4v) is 8.67. The number of carbonyl (C=O) groups is 6. The minimum absolute atomic E-state index is 0.0922. The van der Waals surface area contributed by atoms with Gasteiger partial charge in [-0.1, -0.05) is 77.8 Å². The summed E-state index contributed by atoms with van der Waals surface area (Å²) in [6, 6.07) is 9.18. The number of carbonyl (C=O) groups excluding carboxylic acids is 6. The smallest absolute Gasteiger partial charge is 0.290 e. The maximum atomic E-state index is 14.5. The number of amides is 5. The summed E-state index contributed by atoms with van der Waals surface area (Å²) in [5.41, 5.74) is 1.36. The molecule has 2 aliphatic rings. The number of pyridine rings is 1. The molecule has 0 spiro atoms. The molecule has 336 valence electrons. The molecule has 2 fully saturated rings. The van der Waals surface area contributed by atoms with Crippen molar-refractivity contribution in [1.82, 2.24) is 51.4 Å². The van der Waals surface area contributed by atoms with Crippen LogP contribution in [0, 0.1) is 23.7 Å². The highest BCUT2D eigenvalue weighted by Crippen LogP contribution is 2.43. The second-order valence-corrected chi connectivity index (χ2v) is 18.1. The molecule has 3 heterocycles. The first kappa shape index (κ1) is 47.5. The Morgan fingerprint density at radius 1 is 0.839 bits per heavy atom. The van der Waals surface area contributed by atoms with Gasteiger partial charge in [0.2, 0.25) is 29.4 Å². The second kappa shape index (κ2) is 21.5. The number of tetrazole rings is 1. The number of hydrogen-bond acceptors (Lipinski definition) is 10. The molecule has 1 aliphatic heterocycles. The number of likely N-dealkylation sites (tertiary alicyclic amines) is 1. The SMILES string of the molecule is CCCC(NC(=O)C1[C@H]2CCC[C@H]2CN1C(=O)[C@@H](NC(=O)[C@@H](NC(=O)CCCCc1nnn(C(C)(C)c2ccccc2)n1)C(C)C)C(C)C)C(=O)C(=O)N[C@@H](C)c1ccncc1. The standard InChI is InChI=1S/C46H66N10O6/c1-9-16-35(41(58)44(61)48-30(6)31-23-25-47-26-24-31)49-43(60)40-34-20-15-17-32(34)27-55(40)45(62)39(29(4)5)51-42(59)38(28(2)3)50-37(57)22-14-13-21-36-52-54-56(53-36)46(7,8)33-18-11-10-12-19-33/h10-12,18-19,23-26,28-30,32,34-35,38-40H,9,13-17,20-22,27H2,1-8H3,(H,48,61)(H,49,60)(H,50,57)(H,51,59)/t30-,32-,34-,35?,38-,39-,40?/m0/s1. The van der Waals surface area contributed by atoms with Crippen molar-refractivity contribution in [2.24, 2.45) is 23.7 Å². The third-order valence-corrected chi connectivity index (χ3v) is 12.4. The van der Waals surface area contributed by atoms with E-state index < -0.39 is 65.2 Å². The van der Waals surface area contributed by atoms with Gasteiger partial charge in [-0.05, 0) is 105 Å². The third kappa shape index (κ3) is 11.7. The Labute approximate surface area is 365 Å². The number of nitrogens with one attached hydrogen (secondary N) is 4. The van der Waals surface area contributed by atoms with Gasteiger partial charge in [-0.15, -0.1) is 10.2 Å². The van der Waals surface area contributed by atoms with Crippen LogP contribution >= 0.6 is 0 Å². The zero-order valence-electron chi connectivity index (χ0n) is 37.6. The molecular weight excluding hydrogens is 789 g/mol. The number of rotatable bonds is 21. The lowest BCUT2D eigenvalue weighted by atomic mass is 9.92. The first-order chi connectivity index (χ1) is 29.5. The van der Waals surface area contributed by atoms with Crippen molar-refractivity contribution in [2.45, 2.75) is 149 Å². The maximum absolute atomic E-state index is 14.5. The number of aryl methyl sites for hydroxylation is 1. The summed E-state index contributed by atoms with van der Waals surface area (Å²) in [6.45, 7) is 15.4. The molecule has 7 atom stereocenters. The van der Waals surface area contributed by atoms with E-state index in [1.54, 1.807) is 41.1 Å². The molecule has 62 heavy (non-hydrogen) atoms. The van der Waals surface area contributed by atoms with Gasteiger partial charge in [-0.2, -0.15) is 4.80 Å². The van der Waals surface area contributed by atoms with Crippen molar-refractivity contribution < 1.29 is 28.8 Å². The van der Waals surface area contributed by atoms with Gasteiger partial charge in [0.25, 0.3) is 5.91 Å². The lowest BCUT2D eigenvalue weighted by Gasteiger charge is -2.34. The minimum Gasteiger partial charge on any atom is -0.344 e. The summed E-state index contributed by atoms with van der Waals surface area (Å²) >= 11 is 0. The number of Topliss-reactive ketones (excluding diaryl/α,β-unsaturated/α-hetero) is 1. The first-order valence-corrected chi connectivity index (χ1v) is 22.3. The highest BCUT2D eigenvalue weighted by atomic mass is 16.2. The van der Waals surface area contributed by atoms with E-state index in [-0.39, 0.29) is 42.4 Å². The van der Waals surface area contributed by atoms with Gasteiger partial charge in [0.15, 0.2) is 5.82 Å². The minimum atomic E-state index is -1.07. The van der Waals surface area contributed by atoms with E-state index in [4.69, 9.17) is 0 Å². The van der Waals surface area contributed by atoms with Crippen molar-refractivity contribution in [3.8, 4) is 0 Å². The average Bonchev–Trinajstić information content (AvgIpc) is 4.01. The van der Waals surface area contributed by atoms with Crippen LogP contribution in [0.5, 0.6) is 0 Å². The summed E-state index contributed by atoms with van der Waals surface area (Å²) in [5.74, 6) is -3.26. The Balaban J connectivity index is 1.18. The van der Waals surface area contributed by atoms with Crippen LogP contribution in [-0.4, -0.2) is 96.1 Å². The van der Waals surface area contributed by atoms with Gasteiger partial charge in [-0.3, -0.25) is 33.8 Å². The first-order valence-electron chi connectivity index (χ1n) is 22.3. The molecule has 0 radical (unpaired) electrons. The molecule has 1 saturated carbocycles. The van der Waals surface area contributed by atoms with Crippen molar-refractivity contribution in [1.29, 1.82) is 0 Å². The van der Waals surface area contributed by atoms with E-state index in [9.17, 15) is 28.8 Å². The van der Waals surface area contributed by atoms with Crippen LogP contribution < -0.4 is 21.3 Å². The summed E-state index contributed by atoms with van der Waals surface area (Å²) in [5, 5.41) is 24.5. The number of ketones is 1. The highest BCUT2D eigenvalue weighted by molar-refractivity contribution is 6.38. The number of benzene rings is 1. The van der Waals surface area contributed by atoms with Crippen LogP contribution in [0.15, 0.2) is 54.9 Å². The van der Waals surface area contributed by atoms with Gasteiger partial charge in [0.1, 0.15) is 23.7 Å². The normalized spacial score (nSPS) is 19.3. The zero-order chi connectivity index (χ0) is 45.1. The number of unbranched alkanes of at least 4 members (excludes halogenated alkanes) is 1. The molecule has 0 bridgehead atoms. The van der Waals surface area contributed by atoms with Crippen LogP contribution in [0.2, 0.25) is 0 Å². The van der Waals surface area contributed by atoms with E-state index in [0.717, 1.165) is 30.4 Å². The number of nitrogens with zero attached hydrogens (tertiary/aromatic N) is 6. The van der Waals surface area contributed by atoms with E-state index in [0.29, 0.717) is 38.1 Å². The van der Waals surface area contributed by atoms with E-state index in [1.807, 2.05) is 78.8 Å². The summed E-state index contributed by atoms with van der Waals surface area (Å²) in [7, 11) is 0. The molecule has 1 aliphatic carbocycles. The van der Waals surface area contributed by atoms with Crippen LogP contribution in [-0.2, 0) is 40.7 Å². The van der Waals surface area contributed by atoms with E-state index >= 15 is 0 Å². The van der Waals surface area contributed by atoms with Gasteiger partial charge >= 0.3 is 0 Å². The van der Waals surface area contributed by atoms with Crippen molar-refractivity contribution >= 4 is 35.3 Å². The van der Waals surface area contributed by atoms with Crippen molar-refractivity contribution in [3.63, 3.8) is 0 Å². The Morgan fingerprint density at radius 2 is 1.53 bits per heavy atom. The summed E-state index contributed by atoms with van der Waals surface area (Å²) in [4.78, 5) is 89.7. The van der Waals surface area contributed by atoms with Gasteiger partial charge in [0.05, 0.1) is 12.1 Å². The second-order valence-electron chi connectivity index (χ2n) is 18.1. The van der Waals surface area contributed by atoms with Crippen LogP contribution in [0.1, 0.15) is 130 Å². The molecule has 5 rings (SSSR count). The molecule has 3 aromatic rings. The van der Waals surface area contributed by atoms with Gasteiger partial charge in [-0.25, -0.2) is 0 Å². The molecule has 2 unspecified atom stereocenters. The van der Waals surface area contributed by atoms with Gasteiger partial charge < -0.3 is 26.2 Å². The monoisotopic (exact) mass is 855 g/mol. The highest BCUT2D eigenvalue weighted by Gasteiger charge is 2.51. The topological polar surface area (TPSA) is 210 Å². The van der Waals surface area contributed by atoms with E-state index in [2.05, 4.69) is 41.7 Å². The predicted molar refractivity (Wildman–Crippen MR) is 233 cm³/mol. The van der Waals surface area contributed by atoms with Gasteiger partial charge in [0, 0.05) is 31.8 Å². The summed E-state index contributed by atoms with van der Waals surface area (Å²) in [6.07, 6.45) is 8.42. The number of hydrogen-bond donors (Lipinski definition) is 4. The van der Waals surface area contributed by atoms with E-state index in [1.165, 1.54) is 0 Å². The van der Waals surface area contributed by atoms with Crippen LogP contribution in [0.3, 0.4) is 0 Å². The number of fused-ring (bicyclic) bond motifs is 1. The third-order valence-electron chi connectivity index (χ3n) is 12.4. The fraction of sp³-hybridized carbons (Fsp3) is 0.609.